The highest BCUT2D eigenvalue weighted by Crippen LogP contribution is 2.27. The molecule has 0 unspecified atom stereocenters. The lowest BCUT2D eigenvalue weighted by molar-refractivity contribution is 0.288. The van der Waals surface area contributed by atoms with Crippen molar-refractivity contribution in [2.45, 2.75) is 31.2 Å². The standard InChI is InChI=1S/C29H31N3O3S2/c1-22-16-18-31(19-17-22)37(33,34)27-14-8-24(9-15-27)28-21-36-29(30-25-10-12-26(35-2)13-11-25)32(28)20-23-6-4-3-5-7-23/h3-15,21-22H,16-20H2,1-2H3. The van der Waals surface area contributed by atoms with Crippen molar-refractivity contribution in [2.24, 2.45) is 10.9 Å². The summed E-state index contributed by atoms with van der Waals surface area (Å²) in [5, 5.41) is 2.08. The fraction of sp³-hybridized carbons (Fsp3) is 0.276. The average molecular weight is 534 g/mol. The van der Waals surface area contributed by atoms with Crippen molar-refractivity contribution in [1.82, 2.24) is 8.87 Å². The molecule has 2 heterocycles. The zero-order valence-corrected chi connectivity index (χ0v) is 22.7. The molecule has 192 valence electrons. The summed E-state index contributed by atoms with van der Waals surface area (Å²) in [6.07, 6.45) is 1.82. The molecule has 5 rings (SSSR count). The molecule has 3 aromatic carbocycles. The molecule has 1 aliphatic rings. The first-order valence-electron chi connectivity index (χ1n) is 12.5. The Bertz CT molecular complexity index is 1500. The minimum Gasteiger partial charge on any atom is -0.497 e. The lowest BCUT2D eigenvalue weighted by Crippen LogP contribution is -2.37. The fourth-order valence-electron chi connectivity index (χ4n) is 4.51. The molecule has 1 aliphatic heterocycles. The summed E-state index contributed by atoms with van der Waals surface area (Å²) in [5.41, 5.74) is 3.96. The van der Waals surface area contributed by atoms with E-state index in [9.17, 15) is 8.42 Å². The molecule has 0 N–H and O–H groups in total. The van der Waals surface area contributed by atoms with Gasteiger partial charge in [0.15, 0.2) is 4.80 Å². The number of rotatable bonds is 7. The number of piperidine rings is 1. The molecule has 0 saturated carbocycles. The highest BCUT2D eigenvalue weighted by atomic mass is 32.2. The number of sulfonamides is 1. The second-order valence-corrected chi connectivity index (χ2v) is 12.2. The summed E-state index contributed by atoms with van der Waals surface area (Å²) in [5.74, 6) is 1.36. The Balaban J connectivity index is 1.50. The third kappa shape index (κ3) is 5.71. The SMILES string of the molecule is COc1ccc(N=c2scc(-c3ccc(S(=O)(=O)N4CCC(C)CC4)cc3)n2Cc2ccccc2)cc1. The maximum Gasteiger partial charge on any atom is 0.243 e. The third-order valence-corrected chi connectivity index (χ3v) is 9.59. The molecule has 1 saturated heterocycles. The van der Waals surface area contributed by atoms with Crippen molar-refractivity contribution < 1.29 is 13.2 Å². The summed E-state index contributed by atoms with van der Waals surface area (Å²) in [6, 6.07) is 25.2. The van der Waals surface area contributed by atoms with E-state index in [0.29, 0.717) is 30.4 Å². The van der Waals surface area contributed by atoms with Crippen LogP contribution in [0.3, 0.4) is 0 Å². The Hall–Kier alpha value is -3.20. The second kappa shape index (κ2) is 11.0. The molecule has 0 spiro atoms. The monoisotopic (exact) mass is 533 g/mol. The van der Waals surface area contributed by atoms with Gasteiger partial charge < -0.3 is 9.30 Å². The van der Waals surface area contributed by atoms with Gasteiger partial charge in [-0.25, -0.2) is 13.4 Å². The molecule has 37 heavy (non-hydrogen) atoms. The van der Waals surface area contributed by atoms with Crippen LogP contribution in [0.4, 0.5) is 5.69 Å². The van der Waals surface area contributed by atoms with Crippen molar-refractivity contribution in [1.29, 1.82) is 0 Å². The van der Waals surface area contributed by atoms with Crippen molar-refractivity contribution in [3.63, 3.8) is 0 Å². The third-order valence-electron chi connectivity index (χ3n) is 6.81. The number of benzene rings is 3. The second-order valence-electron chi connectivity index (χ2n) is 9.40. The van der Waals surface area contributed by atoms with Crippen LogP contribution >= 0.6 is 11.3 Å². The summed E-state index contributed by atoms with van der Waals surface area (Å²) in [6.45, 7) is 4.01. The quantitative estimate of drug-likeness (QED) is 0.296. The number of hydrogen-bond donors (Lipinski definition) is 0. The van der Waals surface area contributed by atoms with E-state index in [0.717, 1.165) is 45.9 Å². The molecular weight excluding hydrogens is 502 g/mol. The Morgan fingerprint density at radius 1 is 0.946 bits per heavy atom. The Morgan fingerprint density at radius 2 is 1.62 bits per heavy atom. The van der Waals surface area contributed by atoms with Crippen LogP contribution in [0.5, 0.6) is 5.75 Å². The first kappa shape index (κ1) is 25.4. The molecule has 0 amide bonds. The van der Waals surface area contributed by atoms with Gasteiger partial charge in [0.1, 0.15) is 5.75 Å². The van der Waals surface area contributed by atoms with E-state index >= 15 is 0 Å². The number of ether oxygens (including phenoxy) is 1. The number of hydrogen-bond acceptors (Lipinski definition) is 5. The van der Waals surface area contributed by atoms with E-state index in [1.54, 1.807) is 34.9 Å². The molecule has 6 nitrogen and oxygen atoms in total. The van der Waals surface area contributed by atoms with Gasteiger partial charge in [-0.15, -0.1) is 11.3 Å². The van der Waals surface area contributed by atoms with Crippen LogP contribution in [0.25, 0.3) is 11.3 Å². The smallest absolute Gasteiger partial charge is 0.243 e. The predicted molar refractivity (Wildman–Crippen MR) is 149 cm³/mol. The van der Waals surface area contributed by atoms with Crippen LogP contribution < -0.4 is 9.54 Å². The van der Waals surface area contributed by atoms with Crippen molar-refractivity contribution >= 4 is 27.0 Å². The molecule has 1 fully saturated rings. The van der Waals surface area contributed by atoms with E-state index in [1.165, 1.54) is 0 Å². The molecule has 0 radical (unpaired) electrons. The van der Waals surface area contributed by atoms with Gasteiger partial charge in [-0.05, 0) is 66.3 Å². The van der Waals surface area contributed by atoms with Crippen LogP contribution in [0, 0.1) is 5.92 Å². The number of aromatic nitrogens is 1. The zero-order valence-electron chi connectivity index (χ0n) is 21.1. The summed E-state index contributed by atoms with van der Waals surface area (Å²) in [4.78, 5) is 6.12. The summed E-state index contributed by atoms with van der Waals surface area (Å²) >= 11 is 1.57. The van der Waals surface area contributed by atoms with Crippen LogP contribution in [0.2, 0.25) is 0 Å². The zero-order chi connectivity index (χ0) is 25.8. The highest BCUT2D eigenvalue weighted by molar-refractivity contribution is 7.89. The molecule has 0 bridgehead atoms. The van der Waals surface area contributed by atoms with E-state index in [2.05, 4.69) is 29.0 Å². The lowest BCUT2D eigenvalue weighted by atomic mass is 10.0. The van der Waals surface area contributed by atoms with Gasteiger partial charge in [0.2, 0.25) is 10.0 Å². The first-order chi connectivity index (χ1) is 17.9. The van der Waals surface area contributed by atoms with Gasteiger partial charge in [-0.3, -0.25) is 0 Å². The number of thiazole rings is 1. The van der Waals surface area contributed by atoms with Crippen molar-refractivity contribution in [3.05, 3.63) is 94.6 Å². The molecule has 0 aliphatic carbocycles. The first-order valence-corrected chi connectivity index (χ1v) is 14.8. The molecule has 4 aromatic rings. The van der Waals surface area contributed by atoms with E-state index < -0.39 is 10.0 Å². The van der Waals surface area contributed by atoms with E-state index in [4.69, 9.17) is 9.73 Å². The minimum absolute atomic E-state index is 0.346. The lowest BCUT2D eigenvalue weighted by Gasteiger charge is -2.29. The van der Waals surface area contributed by atoms with Crippen LogP contribution in [-0.4, -0.2) is 37.5 Å². The molecular formula is C29H31N3O3S2. The van der Waals surface area contributed by atoms with Crippen LogP contribution in [0.1, 0.15) is 25.3 Å². The maximum atomic E-state index is 13.2. The largest absolute Gasteiger partial charge is 0.497 e. The summed E-state index contributed by atoms with van der Waals surface area (Å²) in [7, 11) is -1.84. The van der Waals surface area contributed by atoms with Crippen molar-refractivity contribution in [2.75, 3.05) is 20.2 Å². The van der Waals surface area contributed by atoms with Crippen LogP contribution in [0.15, 0.2) is 94.1 Å². The summed E-state index contributed by atoms with van der Waals surface area (Å²) < 4.78 is 35.5. The normalized spacial score (nSPS) is 15.7. The maximum absolute atomic E-state index is 13.2. The highest BCUT2D eigenvalue weighted by Gasteiger charge is 2.28. The Kier molecular flexibility index (Phi) is 7.60. The topological polar surface area (TPSA) is 63.9 Å². The van der Waals surface area contributed by atoms with Gasteiger partial charge in [0, 0.05) is 18.5 Å². The van der Waals surface area contributed by atoms with E-state index in [1.807, 2.05) is 54.6 Å². The van der Waals surface area contributed by atoms with Gasteiger partial charge >= 0.3 is 0 Å². The van der Waals surface area contributed by atoms with Gasteiger partial charge in [0.05, 0.1) is 29.9 Å². The number of methoxy groups -OCH3 is 1. The minimum atomic E-state index is -3.48. The average Bonchev–Trinajstić information content (AvgIpc) is 3.31. The van der Waals surface area contributed by atoms with Crippen LogP contribution in [-0.2, 0) is 16.6 Å². The molecule has 1 aromatic heterocycles. The van der Waals surface area contributed by atoms with Gasteiger partial charge in [0.25, 0.3) is 0 Å². The van der Waals surface area contributed by atoms with Gasteiger partial charge in [-0.1, -0.05) is 49.4 Å². The molecule has 0 atom stereocenters. The van der Waals surface area contributed by atoms with Crippen molar-refractivity contribution in [3.8, 4) is 17.0 Å². The predicted octanol–water partition coefficient (Wildman–Crippen LogP) is 5.93. The molecule has 8 heteroatoms. The van der Waals surface area contributed by atoms with E-state index in [-0.39, 0.29) is 0 Å². The van der Waals surface area contributed by atoms with Gasteiger partial charge in [-0.2, -0.15) is 4.31 Å². The Labute approximate surface area is 222 Å². The Morgan fingerprint density at radius 3 is 2.27 bits per heavy atom. The fourth-order valence-corrected chi connectivity index (χ4v) is 6.91. The number of nitrogens with zero attached hydrogens (tertiary/aromatic N) is 3.